The van der Waals surface area contributed by atoms with Gasteiger partial charge in [0.15, 0.2) is 11.1 Å². The second-order valence-electron chi connectivity index (χ2n) is 7.62. The summed E-state index contributed by atoms with van der Waals surface area (Å²) in [4.78, 5) is 18.5. The highest BCUT2D eigenvalue weighted by Crippen LogP contribution is 2.21. The van der Waals surface area contributed by atoms with Crippen molar-refractivity contribution in [2.75, 3.05) is 65.2 Å². The molecule has 0 spiro atoms. The van der Waals surface area contributed by atoms with Gasteiger partial charge in [0, 0.05) is 64.5 Å². The molecule has 9 heteroatoms. The van der Waals surface area contributed by atoms with Crippen molar-refractivity contribution >= 4 is 17.2 Å². The highest BCUT2D eigenvalue weighted by atomic mass is 32.2. The molecule has 25 heavy (non-hydrogen) atoms. The second-order valence-corrected chi connectivity index (χ2v) is 8.66. The second kappa shape index (κ2) is 9.82. The Labute approximate surface area is 153 Å². The van der Waals surface area contributed by atoms with E-state index < -0.39 is 16.7 Å². The van der Waals surface area contributed by atoms with E-state index in [1.54, 1.807) is 11.2 Å². The van der Waals surface area contributed by atoms with Gasteiger partial charge in [0.05, 0.1) is 6.61 Å². The number of likely N-dealkylation sites (tertiary alicyclic amines) is 1. The first-order valence-electron chi connectivity index (χ1n) is 8.62. The molecule has 0 aliphatic carbocycles. The normalized spacial score (nSPS) is 21.4. The third-order valence-corrected chi connectivity index (χ3v) is 4.75. The molecule has 2 aliphatic rings. The average molecular weight is 380 g/mol. The summed E-state index contributed by atoms with van der Waals surface area (Å²) in [6.07, 6.45) is 1.36. The number of piperazine rings is 1. The predicted octanol–water partition coefficient (Wildman–Crippen LogP) is -0.0437. The molecule has 0 radical (unpaired) electrons. The molecule has 8 nitrogen and oxygen atoms in total. The van der Waals surface area contributed by atoms with Crippen LogP contribution in [-0.2, 0) is 20.0 Å². The molecule has 0 aromatic rings. The Hall–Kier alpha value is -0.740. The lowest BCUT2D eigenvalue weighted by Gasteiger charge is -2.43. The van der Waals surface area contributed by atoms with E-state index in [1.807, 2.05) is 20.8 Å². The van der Waals surface area contributed by atoms with Crippen LogP contribution in [0.2, 0.25) is 0 Å². The summed E-state index contributed by atoms with van der Waals surface area (Å²) in [6.45, 7) is 13.8. The number of hydrogen-bond acceptors (Lipinski definition) is 6. The van der Waals surface area contributed by atoms with E-state index in [0.717, 1.165) is 52.4 Å². The summed E-state index contributed by atoms with van der Waals surface area (Å²) in [7, 11) is 0. The monoisotopic (exact) mass is 379 g/mol. The molecule has 0 saturated carbocycles. The third kappa shape index (κ3) is 8.00. The lowest BCUT2D eigenvalue weighted by Crippen LogP contribution is -2.57. The van der Waals surface area contributed by atoms with Crippen LogP contribution in [0.5, 0.6) is 0 Å². The Bertz CT molecular complexity index is 444. The van der Waals surface area contributed by atoms with Crippen molar-refractivity contribution in [2.24, 2.45) is 5.92 Å². The van der Waals surface area contributed by atoms with Gasteiger partial charge in [0.2, 0.25) is 0 Å². The molecule has 0 aromatic carbocycles. The van der Waals surface area contributed by atoms with Gasteiger partial charge in [-0.2, -0.15) is 0 Å². The molecule has 2 fully saturated rings. The van der Waals surface area contributed by atoms with E-state index in [1.165, 1.54) is 0 Å². The van der Waals surface area contributed by atoms with Crippen LogP contribution >= 0.6 is 0 Å². The van der Waals surface area contributed by atoms with Gasteiger partial charge in [0.25, 0.3) is 0 Å². The molecule has 1 atom stereocenters. The maximum atomic E-state index is 11.9. The Morgan fingerprint density at radius 1 is 1.12 bits per heavy atom. The summed E-state index contributed by atoms with van der Waals surface area (Å²) in [6, 6.07) is 0. The number of rotatable bonds is 6. The maximum absolute atomic E-state index is 11.9. The van der Waals surface area contributed by atoms with Gasteiger partial charge in [-0.25, -0.2) is 9.00 Å². The molecule has 2 saturated heterocycles. The number of nitrogens with zero attached hydrogens (tertiary/aromatic N) is 3. The molecular weight excluding hydrogens is 346 g/mol. The molecule has 2 aliphatic heterocycles. The smallest absolute Gasteiger partial charge is 0.410 e. The van der Waals surface area contributed by atoms with Gasteiger partial charge in [-0.3, -0.25) is 9.08 Å². The van der Waals surface area contributed by atoms with E-state index in [9.17, 15) is 9.00 Å². The zero-order chi connectivity index (χ0) is 17.7. The van der Waals surface area contributed by atoms with Crippen LogP contribution in [0, 0.1) is 5.92 Å². The minimum absolute atomic E-state index is 0. The maximum Gasteiger partial charge on any atom is 0.410 e. The van der Waals surface area contributed by atoms with Crippen LogP contribution in [0.1, 0.15) is 20.8 Å². The quantitative estimate of drug-likeness (QED) is 0.643. The van der Waals surface area contributed by atoms with E-state index in [-0.39, 0.29) is 11.6 Å². The van der Waals surface area contributed by atoms with Gasteiger partial charge in [-0.15, -0.1) is 0 Å². The molecule has 0 aromatic heterocycles. The van der Waals surface area contributed by atoms with E-state index in [0.29, 0.717) is 12.5 Å². The van der Waals surface area contributed by atoms with Crippen LogP contribution in [0.15, 0.2) is 0 Å². The number of hydrogen-bond donors (Lipinski definition) is 0. The van der Waals surface area contributed by atoms with Crippen molar-refractivity contribution in [1.29, 1.82) is 0 Å². The van der Waals surface area contributed by atoms with Crippen LogP contribution in [0.3, 0.4) is 0 Å². The van der Waals surface area contributed by atoms with Gasteiger partial charge in [-0.05, 0) is 20.8 Å². The Kier molecular flexibility index (Phi) is 8.76. The first kappa shape index (κ1) is 22.3. The summed E-state index contributed by atoms with van der Waals surface area (Å²) < 4.78 is 21.4. The van der Waals surface area contributed by atoms with Crippen LogP contribution in [0.25, 0.3) is 0 Å². The molecule has 2 N–H and O–H groups in total. The van der Waals surface area contributed by atoms with Crippen molar-refractivity contribution < 1.29 is 23.4 Å². The molecule has 1 unspecified atom stereocenters. The number of ether oxygens (including phenoxy) is 1. The van der Waals surface area contributed by atoms with Gasteiger partial charge < -0.3 is 20.0 Å². The van der Waals surface area contributed by atoms with Gasteiger partial charge >= 0.3 is 6.09 Å². The Morgan fingerprint density at radius 3 is 2.20 bits per heavy atom. The highest BCUT2D eigenvalue weighted by Gasteiger charge is 2.34. The molecule has 148 valence electrons. The molecular formula is C16H33N3O5S. The summed E-state index contributed by atoms with van der Waals surface area (Å²) in [5.41, 5.74) is -0.424. The van der Waals surface area contributed by atoms with Gasteiger partial charge in [-0.1, -0.05) is 0 Å². The fourth-order valence-electron chi connectivity index (χ4n) is 3.01. The zero-order valence-electron chi connectivity index (χ0n) is 15.8. The lowest BCUT2D eigenvalue weighted by molar-refractivity contribution is -0.00922. The van der Waals surface area contributed by atoms with Crippen molar-refractivity contribution in [1.82, 2.24) is 14.7 Å². The SMILES string of the molecule is CS(=O)OCCN1CCN(CC2CN(C(=O)OC(C)(C)C)C2)CC1.O. The van der Waals surface area contributed by atoms with Crippen molar-refractivity contribution in [2.45, 2.75) is 26.4 Å². The Balaban J connectivity index is 0.00000312. The Morgan fingerprint density at radius 2 is 1.68 bits per heavy atom. The van der Waals surface area contributed by atoms with E-state index in [4.69, 9.17) is 8.92 Å². The summed E-state index contributed by atoms with van der Waals surface area (Å²) in [5, 5.41) is 0. The number of carbonyl (C=O) groups excluding carboxylic acids is 1. The van der Waals surface area contributed by atoms with Crippen LogP contribution in [-0.4, -0.2) is 101 Å². The number of amides is 1. The van der Waals surface area contributed by atoms with Crippen LogP contribution < -0.4 is 0 Å². The average Bonchev–Trinajstić information content (AvgIpc) is 2.41. The van der Waals surface area contributed by atoms with E-state index >= 15 is 0 Å². The molecule has 2 heterocycles. The minimum atomic E-state index is -1.17. The zero-order valence-corrected chi connectivity index (χ0v) is 16.6. The van der Waals surface area contributed by atoms with Crippen LogP contribution in [0.4, 0.5) is 4.79 Å². The highest BCUT2D eigenvalue weighted by molar-refractivity contribution is 7.79. The first-order chi connectivity index (χ1) is 11.2. The summed E-state index contributed by atoms with van der Waals surface area (Å²) in [5.74, 6) is 0.551. The predicted molar refractivity (Wildman–Crippen MR) is 97.8 cm³/mol. The van der Waals surface area contributed by atoms with Crippen molar-refractivity contribution in [3.05, 3.63) is 0 Å². The first-order valence-corrected chi connectivity index (χ1v) is 10.1. The standard InChI is InChI=1S/C16H31N3O4S.H2O/c1-16(2,3)23-15(20)19-12-14(13-19)11-18-7-5-17(6-8-18)9-10-22-24(4)21;/h14H,5-13H2,1-4H3;1H2. The fourth-order valence-corrected chi connectivity index (χ4v) is 3.31. The third-order valence-electron chi connectivity index (χ3n) is 4.25. The fraction of sp³-hybridized carbons (Fsp3) is 0.938. The topological polar surface area (TPSA) is 93.8 Å². The molecule has 2 rings (SSSR count). The summed E-state index contributed by atoms with van der Waals surface area (Å²) >= 11 is -1.17. The van der Waals surface area contributed by atoms with Gasteiger partial charge in [0.1, 0.15) is 5.60 Å². The van der Waals surface area contributed by atoms with E-state index in [2.05, 4.69) is 9.80 Å². The lowest BCUT2D eigenvalue weighted by atomic mass is 10.00. The number of carbonyl (C=O) groups is 1. The van der Waals surface area contributed by atoms with Crippen molar-refractivity contribution in [3.8, 4) is 0 Å². The molecule has 1 amide bonds. The minimum Gasteiger partial charge on any atom is -0.444 e. The largest absolute Gasteiger partial charge is 0.444 e. The molecule has 0 bridgehead atoms. The van der Waals surface area contributed by atoms with Crippen molar-refractivity contribution in [3.63, 3.8) is 0 Å².